The summed E-state index contributed by atoms with van der Waals surface area (Å²) in [7, 11) is 0. The van der Waals surface area contributed by atoms with E-state index in [2.05, 4.69) is 5.32 Å². The van der Waals surface area contributed by atoms with E-state index in [9.17, 15) is 14.7 Å². The first-order valence-corrected chi connectivity index (χ1v) is 7.36. The highest BCUT2D eigenvalue weighted by Crippen LogP contribution is 2.25. The monoisotopic (exact) mass is 291 g/mol. The van der Waals surface area contributed by atoms with Gasteiger partial charge in [0.25, 0.3) is 5.91 Å². The predicted molar refractivity (Wildman–Crippen MR) is 80.2 cm³/mol. The minimum atomic E-state index is -0.992. The van der Waals surface area contributed by atoms with Gasteiger partial charge in [-0.25, -0.2) is 4.79 Å². The van der Waals surface area contributed by atoms with Crippen molar-refractivity contribution < 1.29 is 14.7 Å². The second kappa shape index (κ2) is 6.05. The molecule has 106 valence electrons. The Balaban J connectivity index is 2.20. The van der Waals surface area contributed by atoms with Gasteiger partial charge in [0.1, 0.15) is 6.04 Å². The zero-order chi connectivity index (χ0) is 14.7. The third kappa shape index (κ3) is 2.99. The molecule has 0 saturated heterocycles. The number of thiophene rings is 1. The van der Waals surface area contributed by atoms with Crippen molar-refractivity contribution >= 4 is 33.3 Å². The second-order valence-electron chi connectivity index (χ2n) is 4.82. The van der Waals surface area contributed by atoms with Gasteiger partial charge < -0.3 is 10.4 Å². The van der Waals surface area contributed by atoms with Crippen LogP contribution in [0.5, 0.6) is 0 Å². The Labute approximate surface area is 121 Å². The maximum absolute atomic E-state index is 12.2. The van der Waals surface area contributed by atoms with E-state index in [1.807, 2.05) is 38.1 Å². The van der Waals surface area contributed by atoms with Gasteiger partial charge in [-0.2, -0.15) is 0 Å². The molecule has 2 unspecified atom stereocenters. The minimum absolute atomic E-state index is 0.106. The lowest BCUT2D eigenvalue weighted by Gasteiger charge is -2.19. The van der Waals surface area contributed by atoms with Crippen molar-refractivity contribution in [1.82, 2.24) is 5.32 Å². The van der Waals surface area contributed by atoms with Crippen LogP contribution in [0.3, 0.4) is 0 Å². The number of hydrogen-bond acceptors (Lipinski definition) is 3. The van der Waals surface area contributed by atoms with Gasteiger partial charge >= 0.3 is 5.97 Å². The van der Waals surface area contributed by atoms with Crippen LogP contribution in [0.25, 0.3) is 10.1 Å². The normalized spacial score (nSPS) is 13.9. The molecule has 0 aliphatic carbocycles. The van der Waals surface area contributed by atoms with Gasteiger partial charge in [-0.1, -0.05) is 38.5 Å². The van der Waals surface area contributed by atoms with Gasteiger partial charge in [-0.05, 0) is 23.4 Å². The fourth-order valence-corrected chi connectivity index (χ4v) is 2.96. The maximum Gasteiger partial charge on any atom is 0.326 e. The molecule has 0 radical (unpaired) electrons. The third-order valence-electron chi connectivity index (χ3n) is 3.41. The summed E-state index contributed by atoms with van der Waals surface area (Å²) in [5.74, 6) is -1.42. The zero-order valence-corrected chi connectivity index (χ0v) is 12.2. The van der Waals surface area contributed by atoms with E-state index in [0.29, 0.717) is 11.3 Å². The Morgan fingerprint density at radius 2 is 2.05 bits per heavy atom. The summed E-state index contributed by atoms with van der Waals surface area (Å²) in [6.07, 6.45) is 0.698. The van der Waals surface area contributed by atoms with Crippen LogP contribution in [0.2, 0.25) is 0 Å². The first kappa shape index (κ1) is 14.5. The summed E-state index contributed by atoms with van der Waals surface area (Å²) in [6.45, 7) is 3.73. The van der Waals surface area contributed by atoms with Crippen LogP contribution in [0.1, 0.15) is 29.9 Å². The summed E-state index contributed by atoms with van der Waals surface area (Å²) in [5.41, 5.74) is 0. The van der Waals surface area contributed by atoms with E-state index >= 15 is 0 Å². The smallest absolute Gasteiger partial charge is 0.326 e. The average Bonchev–Trinajstić information content (AvgIpc) is 2.87. The molecule has 5 heteroatoms. The third-order valence-corrected chi connectivity index (χ3v) is 4.53. The highest BCUT2D eigenvalue weighted by atomic mass is 32.1. The highest BCUT2D eigenvalue weighted by Gasteiger charge is 2.26. The van der Waals surface area contributed by atoms with Gasteiger partial charge in [-0.15, -0.1) is 11.3 Å². The van der Waals surface area contributed by atoms with Crippen molar-refractivity contribution in [3.05, 3.63) is 35.2 Å². The molecule has 1 aromatic carbocycles. The number of carbonyl (C=O) groups excluding carboxylic acids is 1. The van der Waals surface area contributed by atoms with Crippen LogP contribution in [0, 0.1) is 5.92 Å². The topological polar surface area (TPSA) is 66.4 Å². The molecule has 0 saturated carbocycles. The van der Waals surface area contributed by atoms with Gasteiger partial charge in [-0.3, -0.25) is 4.79 Å². The molecule has 2 rings (SSSR count). The van der Waals surface area contributed by atoms with Crippen molar-refractivity contribution in [3.63, 3.8) is 0 Å². The van der Waals surface area contributed by atoms with E-state index < -0.39 is 12.0 Å². The van der Waals surface area contributed by atoms with Crippen LogP contribution in [0.4, 0.5) is 0 Å². The molecular weight excluding hydrogens is 274 g/mol. The molecule has 1 amide bonds. The molecule has 20 heavy (non-hydrogen) atoms. The van der Waals surface area contributed by atoms with Gasteiger partial charge in [0.15, 0.2) is 0 Å². The first-order chi connectivity index (χ1) is 9.52. The SMILES string of the molecule is CCC(C)C(NC(=O)c1cc2ccccc2s1)C(=O)O. The summed E-state index contributed by atoms with van der Waals surface area (Å²) < 4.78 is 1.02. The lowest BCUT2D eigenvalue weighted by molar-refractivity contribution is -0.140. The van der Waals surface area contributed by atoms with Gasteiger partial charge in [0.05, 0.1) is 4.88 Å². The quantitative estimate of drug-likeness (QED) is 0.889. The summed E-state index contributed by atoms with van der Waals surface area (Å²) in [5, 5.41) is 12.8. The molecule has 0 fully saturated rings. The number of rotatable bonds is 5. The van der Waals surface area contributed by atoms with Gasteiger partial charge in [0.2, 0.25) is 0 Å². The van der Waals surface area contributed by atoms with E-state index in [-0.39, 0.29) is 11.8 Å². The largest absolute Gasteiger partial charge is 0.480 e. The molecule has 1 heterocycles. The van der Waals surface area contributed by atoms with Crippen molar-refractivity contribution in [2.75, 3.05) is 0 Å². The highest BCUT2D eigenvalue weighted by molar-refractivity contribution is 7.20. The number of carboxylic acid groups (broad SMARTS) is 1. The molecular formula is C15H17NO3S. The number of carbonyl (C=O) groups is 2. The van der Waals surface area contributed by atoms with E-state index in [1.54, 1.807) is 6.07 Å². The van der Waals surface area contributed by atoms with Gasteiger partial charge in [0, 0.05) is 4.70 Å². The molecule has 0 aliphatic heterocycles. The molecule has 0 spiro atoms. The summed E-state index contributed by atoms with van der Waals surface area (Å²) >= 11 is 1.37. The average molecular weight is 291 g/mol. The fourth-order valence-electron chi connectivity index (χ4n) is 1.99. The number of benzene rings is 1. The van der Waals surface area contributed by atoms with E-state index in [0.717, 1.165) is 10.1 Å². The Morgan fingerprint density at radius 1 is 1.35 bits per heavy atom. The lowest BCUT2D eigenvalue weighted by Crippen LogP contribution is -2.44. The minimum Gasteiger partial charge on any atom is -0.480 e. The van der Waals surface area contributed by atoms with Crippen molar-refractivity contribution in [2.45, 2.75) is 26.3 Å². The van der Waals surface area contributed by atoms with Crippen molar-refractivity contribution in [2.24, 2.45) is 5.92 Å². The summed E-state index contributed by atoms with van der Waals surface area (Å²) in [6, 6.07) is 8.66. The molecule has 0 bridgehead atoms. The maximum atomic E-state index is 12.2. The molecule has 2 atom stereocenters. The standard InChI is InChI=1S/C15H17NO3S/c1-3-9(2)13(15(18)19)16-14(17)12-8-10-6-4-5-7-11(10)20-12/h4-9,13H,3H2,1-2H3,(H,16,17)(H,18,19). The number of hydrogen-bond donors (Lipinski definition) is 2. The number of nitrogens with one attached hydrogen (secondary N) is 1. The Hall–Kier alpha value is -1.88. The van der Waals surface area contributed by atoms with E-state index in [1.165, 1.54) is 11.3 Å². The molecule has 1 aromatic heterocycles. The lowest BCUT2D eigenvalue weighted by atomic mass is 9.99. The second-order valence-corrected chi connectivity index (χ2v) is 5.91. The molecule has 0 aliphatic rings. The van der Waals surface area contributed by atoms with Crippen LogP contribution >= 0.6 is 11.3 Å². The van der Waals surface area contributed by atoms with E-state index in [4.69, 9.17) is 0 Å². The molecule has 2 N–H and O–H groups in total. The van der Waals surface area contributed by atoms with Crippen LogP contribution in [0.15, 0.2) is 30.3 Å². The first-order valence-electron chi connectivity index (χ1n) is 6.55. The Bertz CT molecular complexity index is 602. The number of carboxylic acids is 1. The summed E-state index contributed by atoms with van der Waals surface area (Å²) in [4.78, 5) is 24.0. The fraction of sp³-hybridized carbons (Fsp3) is 0.333. The van der Waals surface area contributed by atoms with Crippen LogP contribution in [-0.2, 0) is 4.79 Å². The predicted octanol–water partition coefficient (Wildman–Crippen LogP) is 3.13. The van der Waals surface area contributed by atoms with Crippen molar-refractivity contribution in [1.29, 1.82) is 0 Å². The number of amides is 1. The zero-order valence-electron chi connectivity index (χ0n) is 11.4. The van der Waals surface area contributed by atoms with Crippen LogP contribution < -0.4 is 5.32 Å². The Morgan fingerprint density at radius 3 is 2.65 bits per heavy atom. The molecule has 2 aromatic rings. The van der Waals surface area contributed by atoms with Crippen molar-refractivity contribution in [3.8, 4) is 0 Å². The Kier molecular flexibility index (Phi) is 4.39. The molecule has 4 nitrogen and oxygen atoms in total. The van der Waals surface area contributed by atoms with Crippen LogP contribution in [-0.4, -0.2) is 23.0 Å². The number of fused-ring (bicyclic) bond motifs is 1. The number of aliphatic carboxylic acids is 1.